The third-order valence-electron chi connectivity index (χ3n) is 6.68. The average Bonchev–Trinajstić information content (AvgIpc) is 3.34. The number of ether oxygens (including phenoxy) is 2. The van der Waals surface area contributed by atoms with Gasteiger partial charge < -0.3 is 14.8 Å². The molecule has 0 aromatic heterocycles. The SMILES string of the molecule is COC(=O)Cc1ccc(OC2CCCC2)c(CN2CCNCC2S(=O)(=O)c2ccc(C)cc2)c1. The van der Waals surface area contributed by atoms with Crippen LogP contribution in [0.15, 0.2) is 47.4 Å². The van der Waals surface area contributed by atoms with Crippen LogP contribution in [0.2, 0.25) is 0 Å². The summed E-state index contributed by atoms with van der Waals surface area (Å²) in [6.07, 6.45) is 4.73. The van der Waals surface area contributed by atoms with Crippen LogP contribution in [0.25, 0.3) is 0 Å². The molecular weight excluding hydrogens is 452 g/mol. The van der Waals surface area contributed by atoms with Gasteiger partial charge >= 0.3 is 5.97 Å². The van der Waals surface area contributed by atoms with Gasteiger partial charge in [-0.1, -0.05) is 29.8 Å². The number of sulfone groups is 1. The summed E-state index contributed by atoms with van der Waals surface area (Å²) in [6, 6.07) is 12.8. The van der Waals surface area contributed by atoms with E-state index >= 15 is 0 Å². The molecule has 7 nitrogen and oxygen atoms in total. The average molecular weight is 487 g/mol. The van der Waals surface area contributed by atoms with Gasteiger partial charge in [-0.2, -0.15) is 0 Å². The molecule has 0 spiro atoms. The fourth-order valence-electron chi connectivity index (χ4n) is 4.72. The Bertz CT molecular complexity index is 1090. The fraction of sp³-hybridized carbons (Fsp3) is 0.500. The molecule has 0 amide bonds. The number of rotatable bonds is 8. The van der Waals surface area contributed by atoms with Crippen molar-refractivity contribution in [2.24, 2.45) is 0 Å². The Morgan fingerprint density at radius 1 is 1.12 bits per heavy atom. The molecule has 1 heterocycles. The number of carbonyl (C=O) groups excluding carboxylic acids is 1. The zero-order valence-corrected chi connectivity index (χ0v) is 20.8. The molecular formula is C26H34N2O5S. The first-order chi connectivity index (χ1) is 16.4. The van der Waals surface area contributed by atoms with Gasteiger partial charge in [-0.15, -0.1) is 0 Å². The van der Waals surface area contributed by atoms with Crippen molar-refractivity contribution in [3.63, 3.8) is 0 Å². The second-order valence-corrected chi connectivity index (χ2v) is 11.3. The molecule has 1 saturated carbocycles. The molecule has 2 aromatic rings. The molecule has 2 aliphatic rings. The number of nitrogens with zero attached hydrogens (tertiary/aromatic N) is 1. The normalized spacial score (nSPS) is 19.8. The number of hydrogen-bond acceptors (Lipinski definition) is 7. The molecule has 1 aliphatic carbocycles. The van der Waals surface area contributed by atoms with Crippen molar-refractivity contribution >= 4 is 15.8 Å². The van der Waals surface area contributed by atoms with Gasteiger partial charge in [-0.25, -0.2) is 8.42 Å². The van der Waals surface area contributed by atoms with Gasteiger partial charge in [0.15, 0.2) is 9.84 Å². The summed E-state index contributed by atoms with van der Waals surface area (Å²) in [5, 5.41) is 2.56. The van der Waals surface area contributed by atoms with Gasteiger partial charge in [0, 0.05) is 31.7 Å². The Balaban J connectivity index is 1.62. The number of hydrogen-bond donors (Lipinski definition) is 1. The maximum atomic E-state index is 13.5. The van der Waals surface area contributed by atoms with Gasteiger partial charge in [0.05, 0.1) is 24.5 Å². The molecule has 4 rings (SSSR count). The van der Waals surface area contributed by atoms with E-state index in [0.29, 0.717) is 31.1 Å². The number of carbonyl (C=O) groups is 1. The number of piperazine rings is 1. The van der Waals surface area contributed by atoms with Crippen LogP contribution in [-0.4, -0.2) is 57.5 Å². The summed E-state index contributed by atoms with van der Waals surface area (Å²) in [4.78, 5) is 14.2. The van der Waals surface area contributed by atoms with E-state index in [-0.39, 0.29) is 18.5 Å². The molecule has 34 heavy (non-hydrogen) atoms. The van der Waals surface area contributed by atoms with Crippen molar-refractivity contribution in [3.05, 3.63) is 59.2 Å². The number of esters is 1. The maximum Gasteiger partial charge on any atom is 0.309 e. The lowest BCUT2D eigenvalue weighted by Crippen LogP contribution is -2.54. The largest absolute Gasteiger partial charge is 0.490 e. The minimum Gasteiger partial charge on any atom is -0.490 e. The van der Waals surface area contributed by atoms with Crippen LogP contribution < -0.4 is 10.1 Å². The summed E-state index contributed by atoms with van der Waals surface area (Å²) in [5.74, 6) is 0.461. The van der Waals surface area contributed by atoms with Gasteiger partial charge in [0.1, 0.15) is 11.1 Å². The number of nitrogens with one attached hydrogen (secondary N) is 1. The first-order valence-corrected chi connectivity index (χ1v) is 13.5. The predicted molar refractivity (Wildman–Crippen MR) is 130 cm³/mol. The lowest BCUT2D eigenvalue weighted by atomic mass is 10.1. The van der Waals surface area contributed by atoms with Gasteiger partial charge in [0.25, 0.3) is 0 Å². The minimum absolute atomic E-state index is 0.167. The molecule has 2 aromatic carbocycles. The van der Waals surface area contributed by atoms with Gasteiger partial charge in [0.2, 0.25) is 0 Å². The van der Waals surface area contributed by atoms with Crippen molar-refractivity contribution in [3.8, 4) is 5.75 Å². The molecule has 2 fully saturated rings. The Morgan fingerprint density at radius 2 is 1.85 bits per heavy atom. The van der Waals surface area contributed by atoms with E-state index in [4.69, 9.17) is 9.47 Å². The predicted octanol–water partition coefficient (Wildman–Crippen LogP) is 3.24. The minimum atomic E-state index is -3.57. The van der Waals surface area contributed by atoms with Crippen molar-refractivity contribution in [2.75, 3.05) is 26.7 Å². The van der Waals surface area contributed by atoms with Gasteiger partial charge in [-0.3, -0.25) is 9.69 Å². The summed E-state index contributed by atoms with van der Waals surface area (Å²) in [7, 11) is -2.19. The highest BCUT2D eigenvalue weighted by atomic mass is 32.2. The summed E-state index contributed by atoms with van der Waals surface area (Å²) < 4.78 is 38.3. The van der Waals surface area contributed by atoms with Crippen molar-refractivity contribution in [1.29, 1.82) is 0 Å². The van der Waals surface area contributed by atoms with Crippen LogP contribution in [0.3, 0.4) is 0 Å². The zero-order valence-electron chi connectivity index (χ0n) is 20.0. The van der Waals surface area contributed by atoms with Crippen LogP contribution >= 0.6 is 0 Å². The Hall–Kier alpha value is -2.42. The van der Waals surface area contributed by atoms with Crippen LogP contribution in [0.5, 0.6) is 5.75 Å². The molecule has 1 atom stereocenters. The Morgan fingerprint density at radius 3 is 2.56 bits per heavy atom. The molecule has 1 saturated heterocycles. The third-order valence-corrected chi connectivity index (χ3v) is 8.79. The van der Waals surface area contributed by atoms with E-state index in [1.165, 1.54) is 7.11 Å². The van der Waals surface area contributed by atoms with E-state index in [1.807, 2.05) is 42.2 Å². The third kappa shape index (κ3) is 5.79. The summed E-state index contributed by atoms with van der Waals surface area (Å²) >= 11 is 0. The van der Waals surface area contributed by atoms with E-state index < -0.39 is 15.2 Å². The maximum absolute atomic E-state index is 13.5. The van der Waals surface area contributed by atoms with Crippen LogP contribution in [0, 0.1) is 6.92 Å². The molecule has 1 aliphatic heterocycles. The first kappa shape index (κ1) is 24.7. The fourth-order valence-corrected chi connectivity index (χ4v) is 6.46. The van der Waals surface area contributed by atoms with E-state index in [9.17, 15) is 13.2 Å². The standard InChI is InChI=1S/C26H34N2O5S/c1-19-7-10-23(11-8-19)34(30,31)25-17-27-13-14-28(25)18-21-15-20(16-26(29)32-2)9-12-24(21)33-22-5-3-4-6-22/h7-12,15,22,25,27H,3-6,13-14,16-18H2,1-2H3. The van der Waals surface area contributed by atoms with Crippen LogP contribution in [0.1, 0.15) is 42.4 Å². The van der Waals surface area contributed by atoms with Crippen molar-refractivity contribution in [2.45, 2.75) is 61.9 Å². The van der Waals surface area contributed by atoms with Gasteiger partial charge in [-0.05, 0) is 56.4 Å². The monoisotopic (exact) mass is 486 g/mol. The lowest BCUT2D eigenvalue weighted by molar-refractivity contribution is -0.139. The Kier molecular flexibility index (Phi) is 7.91. The number of methoxy groups -OCH3 is 1. The second-order valence-electron chi connectivity index (χ2n) is 9.21. The van der Waals surface area contributed by atoms with Crippen LogP contribution in [0.4, 0.5) is 0 Å². The van der Waals surface area contributed by atoms with Crippen molar-refractivity contribution in [1.82, 2.24) is 10.2 Å². The molecule has 0 radical (unpaired) electrons. The topological polar surface area (TPSA) is 84.9 Å². The molecule has 1 unspecified atom stereocenters. The van der Waals surface area contributed by atoms with Crippen molar-refractivity contribution < 1.29 is 22.7 Å². The van der Waals surface area contributed by atoms with E-state index in [0.717, 1.165) is 48.1 Å². The van der Waals surface area contributed by atoms with Crippen LogP contribution in [-0.2, 0) is 32.3 Å². The highest BCUT2D eigenvalue weighted by molar-refractivity contribution is 7.92. The Labute approximate surface area is 202 Å². The highest BCUT2D eigenvalue weighted by Crippen LogP contribution is 2.30. The first-order valence-electron chi connectivity index (χ1n) is 12.0. The van der Waals surface area contributed by atoms with E-state index in [2.05, 4.69) is 5.32 Å². The number of benzene rings is 2. The highest BCUT2D eigenvalue weighted by Gasteiger charge is 2.35. The lowest BCUT2D eigenvalue weighted by Gasteiger charge is -2.36. The molecule has 0 bridgehead atoms. The summed E-state index contributed by atoms with van der Waals surface area (Å²) in [5.41, 5.74) is 2.75. The van der Waals surface area contributed by atoms with E-state index in [1.54, 1.807) is 12.1 Å². The number of aryl methyl sites for hydroxylation is 1. The smallest absolute Gasteiger partial charge is 0.309 e. The zero-order chi connectivity index (χ0) is 24.1. The second kappa shape index (κ2) is 10.9. The molecule has 8 heteroatoms. The quantitative estimate of drug-likeness (QED) is 0.574. The molecule has 184 valence electrons. The summed E-state index contributed by atoms with van der Waals surface area (Å²) in [6.45, 7) is 4.03. The molecule has 1 N–H and O–H groups in total.